The van der Waals surface area contributed by atoms with Gasteiger partial charge in [-0.05, 0) is 31.5 Å². The first-order chi connectivity index (χ1) is 9.13. The number of carbonyl (C=O) groups is 1. The summed E-state index contributed by atoms with van der Waals surface area (Å²) < 4.78 is 27.8. The van der Waals surface area contributed by atoms with E-state index < -0.39 is 20.6 Å². The Hall–Kier alpha value is -1.60. The second-order valence-corrected chi connectivity index (χ2v) is 8.04. The predicted octanol–water partition coefficient (Wildman–Crippen LogP) is 0.841. The molecule has 1 aromatic carbocycles. The average Bonchev–Trinajstić information content (AvgIpc) is 2.35. The molecule has 1 atom stereocenters. The van der Waals surface area contributed by atoms with E-state index in [0.29, 0.717) is 17.0 Å². The molecule has 6 nitrogen and oxygen atoms in total. The summed E-state index contributed by atoms with van der Waals surface area (Å²) in [4.78, 5) is 11.3. The Balaban J connectivity index is 2.39. The van der Waals surface area contributed by atoms with Crippen LogP contribution in [0.3, 0.4) is 0 Å². The van der Waals surface area contributed by atoms with Crippen LogP contribution in [0, 0.1) is 0 Å². The highest BCUT2D eigenvalue weighted by Gasteiger charge is 2.38. The number of sulfone groups is 1. The third-order valence-electron chi connectivity index (χ3n) is 3.70. The molecule has 1 aliphatic rings. The molecule has 0 fully saturated rings. The summed E-state index contributed by atoms with van der Waals surface area (Å²) >= 11 is 0. The minimum Gasteiger partial charge on any atom is -0.482 e. The zero-order valence-electron chi connectivity index (χ0n) is 11.6. The van der Waals surface area contributed by atoms with Gasteiger partial charge in [0.15, 0.2) is 16.4 Å². The normalized spacial score (nSPS) is 16.9. The number of anilines is 1. The Morgan fingerprint density at radius 2 is 2.05 bits per heavy atom. The Morgan fingerprint density at radius 3 is 2.65 bits per heavy atom. The lowest BCUT2D eigenvalue weighted by Gasteiger charge is -2.30. The van der Waals surface area contributed by atoms with E-state index in [2.05, 4.69) is 5.32 Å². The summed E-state index contributed by atoms with van der Waals surface area (Å²) in [7, 11) is -3.33. The van der Waals surface area contributed by atoms with Crippen LogP contribution in [0.1, 0.15) is 25.5 Å². The number of nitrogens with two attached hydrogens (primary N) is 1. The van der Waals surface area contributed by atoms with Gasteiger partial charge in [-0.3, -0.25) is 4.79 Å². The van der Waals surface area contributed by atoms with Crippen molar-refractivity contribution in [2.75, 3.05) is 18.2 Å². The molecule has 0 aromatic heterocycles. The van der Waals surface area contributed by atoms with Gasteiger partial charge in [0.2, 0.25) is 0 Å². The number of amides is 1. The molecule has 2 rings (SSSR count). The number of nitrogens with one attached hydrogen (secondary N) is 1. The van der Waals surface area contributed by atoms with E-state index in [0.717, 1.165) is 6.26 Å². The summed E-state index contributed by atoms with van der Waals surface area (Å²) in [6.45, 7) is 3.15. The molecule has 0 bridgehead atoms. The zero-order chi connectivity index (χ0) is 15.1. The highest BCUT2D eigenvalue weighted by molar-refractivity contribution is 7.92. The van der Waals surface area contributed by atoms with E-state index in [-0.39, 0.29) is 12.5 Å². The standard InChI is InChI=1S/C13H18N2O4S/c1-13(2,20(3,17)18)12(14)8-4-5-10-9(6-8)15-11(16)7-19-10/h4-6,12H,7,14H2,1-3H3,(H,15,16). The quantitative estimate of drug-likeness (QED) is 0.861. The largest absolute Gasteiger partial charge is 0.482 e. The molecule has 110 valence electrons. The van der Waals surface area contributed by atoms with Gasteiger partial charge in [-0.25, -0.2) is 8.42 Å². The summed E-state index contributed by atoms with van der Waals surface area (Å²) in [5.41, 5.74) is 7.24. The molecule has 7 heteroatoms. The van der Waals surface area contributed by atoms with Crippen molar-refractivity contribution in [2.24, 2.45) is 5.73 Å². The van der Waals surface area contributed by atoms with Crippen molar-refractivity contribution in [3.05, 3.63) is 23.8 Å². The maximum absolute atomic E-state index is 11.8. The van der Waals surface area contributed by atoms with Crippen molar-refractivity contribution in [2.45, 2.75) is 24.6 Å². The smallest absolute Gasteiger partial charge is 0.262 e. The van der Waals surface area contributed by atoms with Gasteiger partial charge in [0.25, 0.3) is 5.91 Å². The van der Waals surface area contributed by atoms with E-state index in [4.69, 9.17) is 10.5 Å². The van der Waals surface area contributed by atoms with Crippen LogP contribution in [0.25, 0.3) is 0 Å². The summed E-state index contributed by atoms with van der Waals surface area (Å²) in [5.74, 6) is 0.309. The van der Waals surface area contributed by atoms with Gasteiger partial charge in [-0.15, -0.1) is 0 Å². The first-order valence-corrected chi connectivity index (χ1v) is 8.04. The van der Waals surface area contributed by atoms with Gasteiger partial charge in [-0.2, -0.15) is 0 Å². The van der Waals surface area contributed by atoms with Crippen LogP contribution in [0.4, 0.5) is 5.69 Å². The molecule has 0 spiro atoms. The lowest BCUT2D eigenvalue weighted by Crippen LogP contribution is -2.42. The monoisotopic (exact) mass is 298 g/mol. The van der Waals surface area contributed by atoms with Crippen LogP contribution in [0.15, 0.2) is 18.2 Å². The SMILES string of the molecule is CC(C)(C(N)c1ccc2c(c1)NC(=O)CO2)S(C)(=O)=O. The van der Waals surface area contributed by atoms with E-state index in [1.165, 1.54) is 0 Å². The number of fused-ring (bicyclic) bond motifs is 1. The van der Waals surface area contributed by atoms with Gasteiger partial charge in [0.1, 0.15) is 5.75 Å². The van der Waals surface area contributed by atoms with E-state index >= 15 is 0 Å². The fraction of sp³-hybridized carbons (Fsp3) is 0.462. The highest BCUT2D eigenvalue weighted by Crippen LogP contribution is 2.35. The molecule has 3 N–H and O–H groups in total. The molecule has 0 aliphatic carbocycles. The fourth-order valence-corrected chi connectivity index (χ4v) is 2.52. The molecule has 1 heterocycles. The molecule has 0 radical (unpaired) electrons. The Morgan fingerprint density at radius 1 is 1.40 bits per heavy atom. The van der Waals surface area contributed by atoms with E-state index in [1.807, 2.05) is 0 Å². The topological polar surface area (TPSA) is 98.5 Å². The van der Waals surface area contributed by atoms with Crippen molar-refractivity contribution in [3.8, 4) is 5.75 Å². The minimum atomic E-state index is -3.33. The molecule has 1 aliphatic heterocycles. The maximum atomic E-state index is 11.8. The molecule has 1 unspecified atom stereocenters. The summed E-state index contributed by atoms with van der Waals surface area (Å²) in [5, 5.41) is 2.68. The van der Waals surface area contributed by atoms with Gasteiger partial charge in [0.05, 0.1) is 10.4 Å². The van der Waals surface area contributed by atoms with Crippen LogP contribution < -0.4 is 15.8 Å². The number of hydrogen-bond donors (Lipinski definition) is 2. The van der Waals surface area contributed by atoms with Gasteiger partial charge in [-0.1, -0.05) is 6.07 Å². The Bertz CT molecular complexity index is 652. The van der Waals surface area contributed by atoms with Crippen molar-refractivity contribution in [3.63, 3.8) is 0 Å². The Kier molecular flexibility index (Phi) is 3.51. The number of rotatable bonds is 3. The van der Waals surface area contributed by atoms with E-state index in [1.54, 1.807) is 32.0 Å². The molecule has 0 saturated heterocycles. The van der Waals surface area contributed by atoms with Crippen molar-refractivity contribution < 1.29 is 17.9 Å². The highest BCUT2D eigenvalue weighted by atomic mass is 32.2. The molecule has 0 saturated carbocycles. The van der Waals surface area contributed by atoms with Crippen LogP contribution in [-0.2, 0) is 14.6 Å². The molecular weight excluding hydrogens is 280 g/mol. The second-order valence-electron chi connectivity index (χ2n) is 5.45. The average molecular weight is 298 g/mol. The maximum Gasteiger partial charge on any atom is 0.262 e. The number of ether oxygens (including phenoxy) is 1. The Labute approximate surface area is 118 Å². The first kappa shape index (κ1) is 14.8. The van der Waals surface area contributed by atoms with Gasteiger partial charge < -0.3 is 15.8 Å². The van der Waals surface area contributed by atoms with Crippen molar-refractivity contribution in [1.29, 1.82) is 0 Å². The second kappa shape index (κ2) is 4.75. The minimum absolute atomic E-state index is 0.0206. The van der Waals surface area contributed by atoms with Crippen LogP contribution in [0.2, 0.25) is 0 Å². The third kappa shape index (κ3) is 2.51. The third-order valence-corrected chi connectivity index (χ3v) is 5.87. The fourth-order valence-electron chi connectivity index (χ4n) is 1.93. The van der Waals surface area contributed by atoms with Crippen molar-refractivity contribution in [1.82, 2.24) is 0 Å². The number of carbonyl (C=O) groups excluding carboxylic acids is 1. The van der Waals surface area contributed by atoms with Crippen LogP contribution in [0.5, 0.6) is 5.75 Å². The molecule has 1 aromatic rings. The lowest BCUT2D eigenvalue weighted by molar-refractivity contribution is -0.118. The molecule has 1 amide bonds. The van der Waals surface area contributed by atoms with Crippen LogP contribution in [-0.4, -0.2) is 31.9 Å². The summed E-state index contributed by atoms with van der Waals surface area (Å²) in [6.07, 6.45) is 1.16. The van der Waals surface area contributed by atoms with Gasteiger partial charge in [0, 0.05) is 12.3 Å². The lowest BCUT2D eigenvalue weighted by atomic mass is 9.95. The zero-order valence-corrected chi connectivity index (χ0v) is 12.5. The van der Waals surface area contributed by atoms with Crippen molar-refractivity contribution >= 4 is 21.4 Å². The van der Waals surface area contributed by atoms with Gasteiger partial charge >= 0.3 is 0 Å². The van der Waals surface area contributed by atoms with E-state index in [9.17, 15) is 13.2 Å². The molecule has 20 heavy (non-hydrogen) atoms. The molecular formula is C13H18N2O4S. The number of benzene rings is 1. The predicted molar refractivity (Wildman–Crippen MR) is 76.4 cm³/mol. The first-order valence-electron chi connectivity index (χ1n) is 6.14. The van der Waals surface area contributed by atoms with Crippen LogP contribution >= 0.6 is 0 Å². The summed E-state index contributed by atoms with van der Waals surface area (Å²) in [6, 6.07) is 4.35. The number of hydrogen-bond acceptors (Lipinski definition) is 5.